The molecular weight excluding hydrogens is 194 g/mol. The van der Waals surface area contributed by atoms with Gasteiger partial charge in [0, 0.05) is 18.0 Å². The van der Waals surface area contributed by atoms with Gasteiger partial charge in [-0.15, -0.1) is 0 Å². The summed E-state index contributed by atoms with van der Waals surface area (Å²) < 4.78 is 4.43. The van der Waals surface area contributed by atoms with Gasteiger partial charge >= 0.3 is 5.97 Å². The van der Waals surface area contributed by atoms with Crippen LogP contribution in [-0.4, -0.2) is 30.9 Å². The standard InChI is InChI=1S/C11H19NO3/c1-7-5-4-6-9(12-7)8(2)10(13)11(14)15-3/h7-9,12H,4-6H2,1-3H3. The quantitative estimate of drug-likeness (QED) is 0.559. The summed E-state index contributed by atoms with van der Waals surface area (Å²) in [6, 6.07) is 0.539. The van der Waals surface area contributed by atoms with E-state index < -0.39 is 11.8 Å². The van der Waals surface area contributed by atoms with Gasteiger partial charge in [-0.2, -0.15) is 0 Å². The lowest BCUT2D eigenvalue weighted by atomic mass is 9.88. The zero-order valence-corrected chi connectivity index (χ0v) is 9.58. The molecule has 0 spiro atoms. The molecule has 1 N–H and O–H groups in total. The molecule has 0 aliphatic carbocycles. The number of hydrogen-bond donors (Lipinski definition) is 1. The lowest BCUT2D eigenvalue weighted by Gasteiger charge is -2.31. The zero-order valence-electron chi connectivity index (χ0n) is 9.58. The molecule has 0 aromatic heterocycles. The molecule has 1 rings (SSSR count). The van der Waals surface area contributed by atoms with Gasteiger partial charge in [0.05, 0.1) is 7.11 Å². The van der Waals surface area contributed by atoms with Crippen molar-refractivity contribution in [1.82, 2.24) is 5.32 Å². The van der Waals surface area contributed by atoms with Crippen molar-refractivity contribution >= 4 is 11.8 Å². The Hall–Kier alpha value is -0.900. The fraction of sp³-hybridized carbons (Fsp3) is 0.818. The molecule has 86 valence electrons. The summed E-state index contributed by atoms with van der Waals surface area (Å²) in [4.78, 5) is 22.6. The van der Waals surface area contributed by atoms with E-state index in [0.717, 1.165) is 19.3 Å². The number of methoxy groups -OCH3 is 1. The number of hydrogen-bond acceptors (Lipinski definition) is 4. The van der Waals surface area contributed by atoms with Gasteiger partial charge in [-0.3, -0.25) is 4.79 Å². The topological polar surface area (TPSA) is 55.4 Å². The van der Waals surface area contributed by atoms with Gasteiger partial charge in [-0.1, -0.05) is 13.3 Å². The molecule has 1 heterocycles. The van der Waals surface area contributed by atoms with E-state index in [4.69, 9.17) is 0 Å². The van der Waals surface area contributed by atoms with E-state index in [-0.39, 0.29) is 12.0 Å². The third-order valence-electron chi connectivity index (χ3n) is 3.05. The van der Waals surface area contributed by atoms with E-state index in [2.05, 4.69) is 17.0 Å². The Labute approximate surface area is 90.4 Å². The first-order chi connectivity index (χ1) is 7.06. The summed E-state index contributed by atoms with van der Waals surface area (Å²) in [5.41, 5.74) is 0. The second-order valence-electron chi connectivity index (χ2n) is 4.25. The summed E-state index contributed by atoms with van der Waals surface area (Å²) in [6.45, 7) is 3.89. The van der Waals surface area contributed by atoms with Crippen molar-refractivity contribution in [3.8, 4) is 0 Å². The van der Waals surface area contributed by atoms with E-state index in [0.29, 0.717) is 6.04 Å². The Bertz CT molecular complexity index is 252. The summed E-state index contributed by atoms with van der Waals surface area (Å²) >= 11 is 0. The van der Waals surface area contributed by atoms with Crippen LogP contribution in [-0.2, 0) is 14.3 Å². The maximum Gasteiger partial charge on any atom is 0.374 e. The molecule has 0 amide bonds. The molecule has 0 radical (unpaired) electrons. The lowest BCUT2D eigenvalue weighted by molar-refractivity contribution is -0.153. The highest BCUT2D eigenvalue weighted by molar-refractivity contribution is 6.34. The molecule has 1 fully saturated rings. The molecule has 3 atom stereocenters. The van der Waals surface area contributed by atoms with Crippen LogP contribution in [0.1, 0.15) is 33.1 Å². The molecule has 0 aromatic carbocycles. The molecule has 0 bridgehead atoms. The van der Waals surface area contributed by atoms with Gasteiger partial charge in [-0.05, 0) is 19.8 Å². The molecule has 3 unspecified atom stereocenters. The summed E-state index contributed by atoms with van der Waals surface area (Å²) in [6.07, 6.45) is 3.20. The highest BCUT2D eigenvalue weighted by Gasteiger charge is 2.31. The van der Waals surface area contributed by atoms with Crippen molar-refractivity contribution in [2.24, 2.45) is 5.92 Å². The molecule has 1 aliphatic rings. The minimum absolute atomic E-state index is 0.111. The normalized spacial score (nSPS) is 28.2. The number of rotatable bonds is 3. The monoisotopic (exact) mass is 213 g/mol. The van der Waals surface area contributed by atoms with Crippen molar-refractivity contribution in [2.75, 3.05) is 7.11 Å². The first-order valence-electron chi connectivity index (χ1n) is 5.44. The third kappa shape index (κ3) is 3.02. The van der Waals surface area contributed by atoms with Crippen LogP contribution in [0, 0.1) is 5.92 Å². The van der Waals surface area contributed by atoms with Gasteiger partial charge in [0.1, 0.15) is 0 Å². The van der Waals surface area contributed by atoms with E-state index in [1.54, 1.807) is 6.92 Å². The molecule has 1 aliphatic heterocycles. The number of carbonyl (C=O) groups excluding carboxylic acids is 2. The Morgan fingerprint density at radius 2 is 2.07 bits per heavy atom. The SMILES string of the molecule is COC(=O)C(=O)C(C)C1CCCC(C)N1. The number of piperidine rings is 1. The molecule has 0 saturated carbocycles. The zero-order chi connectivity index (χ0) is 11.4. The molecule has 4 heteroatoms. The molecule has 4 nitrogen and oxygen atoms in total. The maximum atomic E-state index is 11.6. The molecular formula is C11H19NO3. The summed E-state index contributed by atoms with van der Waals surface area (Å²) in [7, 11) is 1.24. The van der Waals surface area contributed by atoms with Gasteiger partial charge in [0.15, 0.2) is 0 Å². The number of esters is 1. The van der Waals surface area contributed by atoms with Gasteiger partial charge < -0.3 is 10.1 Å². The Morgan fingerprint density at radius 3 is 2.60 bits per heavy atom. The second-order valence-corrected chi connectivity index (χ2v) is 4.25. The Morgan fingerprint density at radius 1 is 1.40 bits per heavy atom. The van der Waals surface area contributed by atoms with Crippen LogP contribution >= 0.6 is 0 Å². The lowest BCUT2D eigenvalue weighted by Crippen LogP contribution is -2.47. The smallest absolute Gasteiger partial charge is 0.374 e. The van der Waals surface area contributed by atoms with Crippen LogP contribution < -0.4 is 5.32 Å². The third-order valence-corrected chi connectivity index (χ3v) is 3.05. The van der Waals surface area contributed by atoms with Crippen molar-refractivity contribution in [2.45, 2.75) is 45.2 Å². The largest absolute Gasteiger partial charge is 0.463 e. The molecule has 15 heavy (non-hydrogen) atoms. The highest BCUT2D eigenvalue weighted by Crippen LogP contribution is 2.19. The fourth-order valence-corrected chi connectivity index (χ4v) is 2.04. The fourth-order valence-electron chi connectivity index (χ4n) is 2.04. The molecule has 1 saturated heterocycles. The number of nitrogens with one attached hydrogen (secondary N) is 1. The average molecular weight is 213 g/mol. The second kappa shape index (κ2) is 5.26. The number of ether oxygens (including phenoxy) is 1. The van der Waals surface area contributed by atoms with Crippen LogP contribution in [0.5, 0.6) is 0 Å². The van der Waals surface area contributed by atoms with E-state index in [1.165, 1.54) is 7.11 Å². The first kappa shape index (κ1) is 12.2. The summed E-state index contributed by atoms with van der Waals surface area (Å²) in [5.74, 6) is -1.45. The van der Waals surface area contributed by atoms with Crippen molar-refractivity contribution < 1.29 is 14.3 Å². The molecule has 0 aromatic rings. The van der Waals surface area contributed by atoms with E-state index in [1.807, 2.05) is 0 Å². The average Bonchev–Trinajstić information content (AvgIpc) is 2.26. The Balaban J connectivity index is 2.55. The van der Waals surface area contributed by atoms with Gasteiger partial charge in [-0.25, -0.2) is 4.79 Å². The predicted molar refractivity (Wildman–Crippen MR) is 56.4 cm³/mol. The van der Waals surface area contributed by atoms with E-state index >= 15 is 0 Å². The van der Waals surface area contributed by atoms with Crippen LogP contribution in [0.25, 0.3) is 0 Å². The minimum atomic E-state index is -0.734. The number of Topliss-reactive ketones (excluding diaryl/α,β-unsaturated/α-hetero) is 1. The van der Waals surface area contributed by atoms with Crippen LogP contribution in [0.2, 0.25) is 0 Å². The van der Waals surface area contributed by atoms with Crippen LogP contribution in [0.3, 0.4) is 0 Å². The van der Waals surface area contributed by atoms with Crippen LogP contribution in [0.4, 0.5) is 0 Å². The van der Waals surface area contributed by atoms with Crippen molar-refractivity contribution in [3.63, 3.8) is 0 Å². The maximum absolute atomic E-state index is 11.6. The van der Waals surface area contributed by atoms with E-state index in [9.17, 15) is 9.59 Å². The Kier molecular flexibility index (Phi) is 4.27. The predicted octanol–water partition coefficient (Wildman–Crippen LogP) is 0.895. The van der Waals surface area contributed by atoms with Crippen molar-refractivity contribution in [1.29, 1.82) is 0 Å². The number of carbonyl (C=O) groups is 2. The highest BCUT2D eigenvalue weighted by atomic mass is 16.5. The van der Waals surface area contributed by atoms with Crippen molar-refractivity contribution in [3.05, 3.63) is 0 Å². The number of ketones is 1. The first-order valence-corrected chi connectivity index (χ1v) is 5.44. The van der Waals surface area contributed by atoms with Gasteiger partial charge in [0.25, 0.3) is 0 Å². The minimum Gasteiger partial charge on any atom is -0.463 e. The van der Waals surface area contributed by atoms with Gasteiger partial charge in [0.2, 0.25) is 5.78 Å². The van der Waals surface area contributed by atoms with Crippen LogP contribution in [0.15, 0.2) is 0 Å². The summed E-state index contributed by atoms with van der Waals surface area (Å²) in [5, 5.41) is 3.35.